The molecule has 0 saturated carbocycles. The summed E-state index contributed by atoms with van der Waals surface area (Å²) in [5.41, 5.74) is 2.29. The molecule has 1 aliphatic heterocycles. The first-order valence-corrected chi connectivity index (χ1v) is 8.58. The van der Waals surface area contributed by atoms with Crippen LogP contribution in [-0.2, 0) is 0 Å². The standard InChI is InChI=1S/C15H19ClIN3/c1-10(16)15-18-13-9-11(17)3-4-14(13)20(15)12-5-7-19(2)8-6-12/h3-4,9-10,12H,5-8H2,1-2H3. The predicted octanol–water partition coefficient (Wildman–Crippen LogP) is 4.21. The van der Waals surface area contributed by atoms with E-state index in [-0.39, 0.29) is 5.38 Å². The van der Waals surface area contributed by atoms with E-state index >= 15 is 0 Å². The number of fused-ring (bicyclic) bond motifs is 1. The zero-order valence-corrected chi connectivity index (χ0v) is 14.7. The Balaban J connectivity index is 2.09. The second kappa shape index (κ2) is 5.81. The Kier molecular flexibility index (Phi) is 4.24. The van der Waals surface area contributed by atoms with Gasteiger partial charge < -0.3 is 9.47 Å². The maximum atomic E-state index is 6.37. The number of hydrogen-bond acceptors (Lipinski definition) is 2. The van der Waals surface area contributed by atoms with E-state index in [2.05, 4.69) is 57.3 Å². The monoisotopic (exact) mass is 403 g/mol. The summed E-state index contributed by atoms with van der Waals surface area (Å²) in [5.74, 6) is 1.01. The van der Waals surface area contributed by atoms with Crippen LogP contribution in [0.25, 0.3) is 11.0 Å². The van der Waals surface area contributed by atoms with Crippen LogP contribution in [0.5, 0.6) is 0 Å². The van der Waals surface area contributed by atoms with Crippen molar-refractivity contribution < 1.29 is 0 Å². The number of aromatic nitrogens is 2. The van der Waals surface area contributed by atoms with Crippen molar-refractivity contribution in [3.8, 4) is 0 Å². The molecule has 108 valence electrons. The summed E-state index contributed by atoms with van der Waals surface area (Å²) in [5, 5.41) is -0.0558. The van der Waals surface area contributed by atoms with Crippen molar-refractivity contribution in [3.05, 3.63) is 27.6 Å². The normalized spacial score (nSPS) is 19.6. The van der Waals surface area contributed by atoms with Crippen molar-refractivity contribution in [2.75, 3.05) is 20.1 Å². The maximum Gasteiger partial charge on any atom is 0.127 e. The predicted molar refractivity (Wildman–Crippen MR) is 92.5 cm³/mol. The third kappa shape index (κ3) is 2.70. The van der Waals surface area contributed by atoms with E-state index in [4.69, 9.17) is 16.6 Å². The van der Waals surface area contributed by atoms with Gasteiger partial charge in [-0.25, -0.2) is 4.98 Å². The molecule has 1 saturated heterocycles. The molecule has 2 heterocycles. The average Bonchev–Trinajstić information content (AvgIpc) is 2.78. The smallest absolute Gasteiger partial charge is 0.127 e. The molecular weight excluding hydrogens is 385 g/mol. The lowest BCUT2D eigenvalue weighted by molar-refractivity contribution is 0.221. The van der Waals surface area contributed by atoms with Crippen molar-refractivity contribution >= 4 is 45.2 Å². The Morgan fingerprint density at radius 1 is 1.35 bits per heavy atom. The number of halogens is 2. The number of hydrogen-bond donors (Lipinski definition) is 0. The Bertz CT molecular complexity index is 615. The highest BCUT2D eigenvalue weighted by Crippen LogP contribution is 2.33. The van der Waals surface area contributed by atoms with Crippen LogP contribution in [-0.4, -0.2) is 34.6 Å². The van der Waals surface area contributed by atoms with E-state index in [1.807, 2.05) is 6.92 Å². The van der Waals surface area contributed by atoms with E-state index in [0.717, 1.165) is 24.4 Å². The van der Waals surface area contributed by atoms with Gasteiger partial charge in [0.15, 0.2) is 0 Å². The van der Waals surface area contributed by atoms with E-state index in [1.54, 1.807) is 0 Å². The van der Waals surface area contributed by atoms with Crippen molar-refractivity contribution in [2.24, 2.45) is 0 Å². The third-order valence-corrected chi connectivity index (χ3v) is 4.95. The Morgan fingerprint density at radius 3 is 2.70 bits per heavy atom. The molecule has 1 fully saturated rings. The molecule has 0 N–H and O–H groups in total. The van der Waals surface area contributed by atoms with Gasteiger partial charge >= 0.3 is 0 Å². The molecule has 5 heteroatoms. The SMILES string of the molecule is CC(Cl)c1nc2cc(I)ccc2n1C1CCN(C)CC1. The zero-order valence-electron chi connectivity index (χ0n) is 11.8. The van der Waals surface area contributed by atoms with Gasteiger partial charge in [0.25, 0.3) is 0 Å². The largest absolute Gasteiger partial charge is 0.324 e. The molecule has 1 atom stereocenters. The number of likely N-dealkylation sites (tertiary alicyclic amines) is 1. The average molecular weight is 404 g/mol. The Morgan fingerprint density at radius 2 is 2.05 bits per heavy atom. The highest BCUT2D eigenvalue weighted by molar-refractivity contribution is 14.1. The molecule has 3 nitrogen and oxygen atoms in total. The summed E-state index contributed by atoms with van der Waals surface area (Å²) in [7, 11) is 2.19. The van der Waals surface area contributed by atoms with E-state index < -0.39 is 0 Å². The summed E-state index contributed by atoms with van der Waals surface area (Å²) in [6, 6.07) is 7.00. The second-order valence-corrected chi connectivity index (χ2v) is 7.52. The van der Waals surface area contributed by atoms with Crippen LogP contribution < -0.4 is 0 Å². The van der Waals surface area contributed by atoms with Crippen molar-refractivity contribution in [3.63, 3.8) is 0 Å². The zero-order chi connectivity index (χ0) is 14.3. The molecule has 1 aliphatic rings. The van der Waals surface area contributed by atoms with Crippen molar-refractivity contribution in [1.82, 2.24) is 14.5 Å². The molecule has 0 aliphatic carbocycles. The van der Waals surface area contributed by atoms with Crippen LogP contribution in [0.3, 0.4) is 0 Å². The minimum Gasteiger partial charge on any atom is -0.324 e. The van der Waals surface area contributed by atoms with Crippen LogP contribution >= 0.6 is 34.2 Å². The molecule has 3 rings (SSSR count). The van der Waals surface area contributed by atoms with Crippen LogP contribution in [0, 0.1) is 3.57 Å². The van der Waals surface area contributed by atoms with Gasteiger partial charge in [-0.05, 0) is 80.7 Å². The van der Waals surface area contributed by atoms with Gasteiger partial charge in [0, 0.05) is 9.61 Å². The third-order valence-electron chi connectivity index (χ3n) is 4.09. The number of piperidine rings is 1. The molecular formula is C15H19ClIN3. The van der Waals surface area contributed by atoms with Gasteiger partial charge in [0.1, 0.15) is 5.82 Å². The topological polar surface area (TPSA) is 21.1 Å². The summed E-state index contributed by atoms with van der Waals surface area (Å²) in [6.07, 6.45) is 2.34. The van der Waals surface area contributed by atoms with Crippen LogP contribution in [0.2, 0.25) is 0 Å². The fourth-order valence-electron chi connectivity index (χ4n) is 3.01. The summed E-state index contributed by atoms with van der Waals surface area (Å²) < 4.78 is 3.60. The first-order valence-electron chi connectivity index (χ1n) is 7.06. The van der Waals surface area contributed by atoms with Crippen molar-refractivity contribution in [1.29, 1.82) is 0 Å². The molecule has 1 aromatic carbocycles. The van der Waals surface area contributed by atoms with Crippen LogP contribution in [0.15, 0.2) is 18.2 Å². The number of benzene rings is 1. The van der Waals surface area contributed by atoms with Gasteiger partial charge in [-0.3, -0.25) is 0 Å². The first-order chi connectivity index (χ1) is 9.56. The Hall–Kier alpha value is -0.330. The van der Waals surface area contributed by atoms with E-state index in [1.165, 1.54) is 21.9 Å². The molecule has 1 unspecified atom stereocenters. The summed E-state index contributed by atoms with van der Waals surface area (Å²) >= 11 is 8.71. The maximum absolute atomic E-state index is 6.37. The number of alkyl halides is 1. The highest BCUT2D eigenvalue weighted by atomic mass is 127. The lowest BCUT2D eigenvalue weighted by atomic mass is 10.0. The summed E-state index contributed by atoms with van der Waals surface area (Å²) in [6.45, 7) is 4.30. The quantitative estimate of drug-likeness (QED) is 0.553. The second-order valence-electron chi connectivity index (χ2n) is 5.62. The van der Waals surface area contributed by atoms with E-state index in [9.17, 15) is 0 Å². The minimum atomic E-state index is -0.0558. The molecule has 1 aromatic heterocycles. The lowest BCUT2D eigenvalue weighted by Gasteiger charge is -2.31. The van der Waals surface area contributed by atoms with Crippen molar-refractivity contribution in [2.45, 2.75) is 31.2 Å². The molecule has 0 bridgehead atoms. The molecule has 20 heavy (non-hydrogen) atoms. The van der Waals surface area contributed by atoms with Crippen LogP contribution in [0.1, 0.15) is 37.0 Å². The van der Waals surface area contributed by atoms with E-state index in [0.29, 0.717) is 6.04 Å². The number of rotatable bonds is 2. The lowest BCUT2D eigenvalue weighted by Crippen LogP contribution is -2.32. The van der Waals surface area contributed by atoms with Gasteiger partial charge in [0.05, 0.1) is 16.4 Å². The fourth-order valence-corrected chi connectivity index (χ4v) is 3.64. The first kappa shape index (κ1) is 14.6. The fraction of sp³-hybridized carbons (Fsp3) is 0.533. The highest BCUT2D eigenvalue weighted by Gasteiger charge is 2.24. The van der Waals surface area contributed by atoms with Crippen LogP contribution in [0.4, 0.5) is 0 Å². The minimum absolute atomic E-state index is 0.0558. The van der Waals surface area contributed by atoms with Gasteiger partial charge in [-0.1, -0.05) is 0 Å². The van der Waals surface area contributed by atoms with Gasteiger partial charge in [-0.15, -0.1) is 11.6 Å². The van der Waals surface area contributed by atoms with Gasteiger partial charge in [0.2, 0.25) is 0 Å². The molecule has 0 spiro atoms. The number of imidazole rings is 1. The number of nitrogens with zero attached hydrogens (tertiary/aromatic N) is 3. The molecule has 2 aromatic rings. The molecule has 0 amide bonds. The molecule has 0 radical (unpaired) electrons. The Labute approximate surface area is 138 Å². The van der Waals surface area contributed by atoms with Gasteiger partial charge in [-0.2, -0.15) is 0 Å². The summed E-state index contributed by atoms with van der Waals surface area (Å²) in [4.78, 5) is 7.17.